The molecule has 0 fully saturated rings. The highest BCUT2D eigenvalue weighted by Gasteiger charge is 2.18. The minimum atomic E-state index is -0.274. The van der Waals surface area contributed by atoms with Crippen molar-refractivity contribution in [1.29, 1.82) is 0 Å². The Bertz CT molecular complexity index is 368. The van der Waals surface area contributed by atoms with Gasteiger partial charge >= 0.3 is 0 Å². The van der Waals surface area contributed by atoms with Crippen LogP contribution in [-0.2, 0) is 11.3 Å². The standard InChI is InChI=1S/C10H19N5O3/c1-18-7-5-14(4-6-16)10(17)9-8-15(3-2-11)13-12-9/h8,16H,2-7,11H2,1H3. The zero-order chi connectivity index (χ0) is 13.4. The Hall–Kier alpha value is -1.51. The second kappa shape index (κ2) is 7.75. The molecular formula is C10H19N5O3. The molecule has 0 aliphatic rings. The Balaban J connectivity index is 2.67. The highest BCUT2D eigenvalue weighted by molar-refractivity contribution is 5.91. The molecule has 0 radical (unpaired) electrons. The van der Waals surface area contributed by atoms with Crippen LogP contribution in [0.3, 0.4) is 0 Å². The van der Waals surface area contributed by atoms with Gasteiger partial charge < -0.3 is 20.5 Å². The van der Waals surface area contributed by atoms with Gasteiger partial charge in [-0.1, -0.05) is 5.21 Å². The summed E-state index contributed by atoms with van der Waals surface area (Å²) in [6, 6.07) is 0. The van der Waals surface area contributed by atoms with Crippen LogP contribution in [0.2, 0.25) is 0 Å². The fourth-order valence-corrected chi connectivity index (χ4v) is 1.44. The first-order valence-corrected chi connectivity index (χ1v) is 5.72. The van der Waals surface area contributed by atoms with Crippen LogP contribution in [0.15, 0.2) is 6.20 Å². The van der Waals surface area contributed by atoms with Gasteiger partial charge in [-0.15, -0.1) is 5.10 Å². The first kappa shape index (κ1) is 14.6. The number of hydrogen-bond donors (Lipinski definition) is 2. The largest absolute Gasteiger partial charge is 0.395 e. The van der Waals surface area contributed by atoms with Crippen LogP contribution in [0.25, 0.3) is 0 Å². The van der Waals surface area contributed by atoms with E-state index in [2.05, 4.69) is 10.3 Å². The molecule has 1 aromatic rings. The van der Waals surface area contributed by atoms with E-state index in [1.807, 2.05) is 0 Å². The van der Waals surface area contributed by atoms with Crippen LogP contribution in [-0.4, -0.2) is 70.9 Å². The van der Waals surface area contributed by atoms with Crippen LogP contribution in [0, 0.1) is 0 Å². The number of rotatable bonds is 8. The third-order valence-corrected chi connectivity index (χ3v) is 2.34. The normalized spacial score (nSPS) is 10.6. The molecule has 0 aliphatic carbocycles. The maximum absolute atomic E-state index is 12.1. The Labute approximate surface area is 105 Å². The molecule has 0 unspecified atom stereocenters. The smallest absolute Gasteiger partial charge is 0.276 e. The molecule has 0 bridgehead atoms. The molecule has 3 N–H and O–H groups in total. The van der Waals surface area contributed by atoms with E-state index in [0.29, 0.717) is 26.2 Å². The molecule has 1 amide bonds. The van der Waals surface area contributed by atoms with Gasteiger partial charge in [0.1, 0.15) is 0 Å². The van der Waals surface area contributed by atoms with Crippen molar-refractivity contribution in [1.82, 2.24) is 19.9 Å². The Morgan fingerprint density at radius 3 is 3.00 bits per heavy atom. The lowest BCUT2D eigenvalue weighted by Crippen LogP contribution is -2.36. The number of aliphatic hydroxyl groups excluding tert-OH is 1. The number of ether oxygens (including phenoxy) is 1. The van der Waals surface area contributed by atoms with Crippen LogP contribution >= 0.6 is 0 Å². The Kier molecular flexibility index (Phi) is 6.26. The fourth-order valence-electron chi connectivity index (χ4n) is 1.44. The summed E-state index contributed by atoms with van der Waals surface area (Å²) in [5, 5.41) is 16.5. The molecule has 1 rings (SSSR count). The van der Waals surface area contributed by atoms with E-state index < -0.39 is 0 Å². The summed E-state index contributed by atoms with van der Waals surface area (Å²) < 4.78 is 6.43. The Morgan fingerprint density at radius 2 is 2.39 bits per heavy atom. The van der Waals surface area contributed by atoms with Gasteiger partial charge in [0.25, 0.3) is 5.91 Å². The summed E-state index contributed by atoms with van der Waals surface area (Å²) in [4.78, 5) is 13.5. The monoisotopic (exact) mass is 257 g/mol. The molecule has 0 saturated carbocycles. The van der Waals surface area contributed by atoms with Gasteiger partial charge in [0.15, 0.2) is 5.69 Å². The summed E-state index contributed by atoms with van der Waals surface area (Å²) in [7, 11) is 1.55. The van der Waals surface area contributed by atoms with Crippen LogP contribution in [0.5, 0.6) is 0 Å². The van der Waals surface area contributed by atoms with Crippen molar-refractivity contribution in [3.63, 3.8) is 0 Å². The number of carbonyl (C=O) groups is 1. The molecule has 0 aliphatic heterocycles. The number of carbonyl (C=O) groups excluding carboxylic acids is 1. The summed E-state index contributed by atoms with van der Waals surface area (Å²) >= 11 is 0. The van der Waals surface area contributed by atoms with Crippen molar-refractivity contribution in [2.24, 2.45) is 5.73 Å². The SMILES string of the molecule is COCCN(CCO)C(=O)c1cn(CCN)nn1. The third kappa shape index (κ3) is 4.06. The molecule has 1 heterocycles. The predicted molar refractivity (Wildman–Crippen MR) is 63.9 cm³/mol. The van der Waals surface area contributed by atoms with E-state index in [0.717, 1.165) is 0 Å². The number of aromatic nitrogens is 3. The summed E-state index contributed by atoms with van der Waals surface area (Å²) in [5.41, 5.74) is 5.63. The summed E-state index contributed by atoms with van der Waals surface area (Å²) in [6.07, 6.45) is 1.55. The lowest BCUT2D eigenvalue weighted by atomic mass is 10.3. The number of aliphatic hydroxyl groups is 1. The first-order chi connectivity index (χ1) is 8.72. The van der Waals surface area contributed by atoms with E-state index in [4.69, 9.17) is 15.6 Å². The molecule has 18 heavy (non-hydrogen) atoms. The van der Waals surface area contributed by atoms with Crippen molar-refractivity contribution in [3.8, 4) is 0 Å². The molecule has 1 aromatic heterocycles. The molecule has 0 aromatic carbocycles. The summed E-state index contributed by atoms with van der Waals surface area (Å²) in [5.74, 6) is -0.274. The quantitative estimate of drug-likeness (QED) is 0.576. The third-order valence-electron chi connectivity index (χ3n) is 2.34. The molecule has 102 valence electrons. The van der Waals surface area contributed by atoms with Gasteiger partial charge in [-0.2, -0.15) is 0 Å². The topological polar surface area (TPSA) is 106 Å². The van der Waals surface area contributed by atoms with E-state index in [9.17, 15) is 4.79 Å². The lowest BCUT2D eigenvalue weighted by Gasteiger charge is -2.19. The highest BCUT2D eigenvalue weighted by Crippen LogP contribution is 2.01. The molecular weight excluding hydrogens is 238 g/mol. The minimum Gasteiger partial charge on any atom is -0.395 e. The number of amides is 1. The predicted octanol–water partition coefficient (Wildman–Crippen LogP) is -1.68. The van der Waals surface area contributed by atoms with Gasteiger partial charge in [-0.05, 0) is 0 Å². The van der Waals surface area contributed by atoms with Crippen LogP contribution in [0.4, 0.5) is 0 Å². The van der Waals surface area contributed by atoms with Crippen molar-refractivity contribution >= 4 is 5.91 Å². The van der Waals surface area contributed by atoms with Gasteiger partial charge in [-0.3, -0.25) is 9.48 Å². The van der Waals surface area contributed by atoms with Crippen molar-refractivity contribution in [2.45, 2.75) is 6.54 Å². The molecule has 8 heteroatoms. The number of hydrogen-bond acceptors (Lipinski definition) is 6. The van der Waals surface area contributed by atoms with Crippen LogP contribution < -0.4 is 5.73 Å². The van der Waals surface area contributed by atoms with Gasteiger partial charge in [-0.25, -0.2) is 0 Å². The number of nitrogens with two attached hydrogens (primary N) is 1. The van der Waals surface area contributed by atoms with Gasteiger partial charge in [0.05, 0.1) is 26.0 Å². The highest BCUT2D eigenvalue weighted by atomic mass is 16.5. The van der Waals surface area contributed by atoms with Crippen LogP contribution in [0.1, 0.15) is 10.5 Å². The Morgan fingerprint density at radius 1 is 1.61 bits per heavy atom. The molecule has 8 nitrogen and oxygen atoms in total. The van der Waals surface area contributed by atoms with E-state index in [1.165, 1.54) is 9.58 Å². The van der Waals surface area contributed by atoms with Crippen molar-refractivity contribution in [2.75, 3.05) is 40.0 Å². The van der Waals surface area contributed by atoms with E-state index >= 15 is 0 Å². The minimum absolute atomic E-state index is 0.105. The summed E-state index contributed by atoms with van der Waals surface area (Å²) in [6.45, 7) is 1.89. The average Bonchev–Trinajstić information content (AvgIpc) is 2.83. The maximum atomic E-state index is 12.1. The second-order valence-corrected chi connectivity index (χ2v) is 3.66. The number of nitrogens with zero attached hydrogens (tertiary/aromatic N) is 4. The van der Waals surface area contributed by atoms with Gasteiger partial charge in [0.2, 0.25) is 0 Å². The maximum Gasteiger partial charge on any atom is 0.276 e. The zero-order valence-electron chi connectivity index (χ0n) is 10.4. The van der Waals surface area contributed by atoms with Crippen molar-refractivity contribution in [3.05, 3.63) is 11.9 Å². The van der Waals surface area contributed by atoms with Gasteiger partial charge in [0, 0.05) is 26.7 Å². The van der Waals surface area contributed by atoms with E-state index in [1.54, 1.807) is 13.3 Å². The second-order valence-electron chi connectivity index (χ2n) is 3.66. The molecule has 0 saturated heterocycles. The first-order valence-electron chi connectivity index (χ1n) is 5.72. The number of methoxy groups -OCH3 is 1. The fraction of sp³-hybridized carbons (Fsp3) is 0.700. The lowest BCUT2D eigenvalue weighted by molar-refractivity contribution is 0.0650. The zero-order valence-corrected chi connectivity index (χ0v) is 10.4. The molecule has 0 spiro atoms. The van der Waals surface area contributed by atoms with Crippen molar-refractivity contribution < 1.29 is 14.6 Å². The van der Waals surface area contributed by atoms with E-state index in [-0.39, 0.29) is 24.8 Å². The molecule has 0 atom stereocenters. The average molecular weight is 257 g/mol.